The number of rotatable bonds is 7. The lowest BCUT2D eigenvalue weighted by Gasteiger charge is -2.36. The van der Waals surface area contributed by atoms with Crippen molar-refractivity contribution in [1.29, 1.82) is 0 Å². The summed E-state index contributed by atoms with van der Waals surface area (Å²) in [6.45, 7) is 8.88. The first-order valence-electron chi connectivity index (χ1n) is 11.6. The number of ether oxygens (including phenoxy) is 2. The lowest BCUT2D eigenvalue weighted by Crippen LogP contribution is -2.35. The number of piperidine rings is 1. The summed E-state index contributed by atoms with van der Waals surface area (Å²) in [5.41, 5.74) is 5.21. The molecule has 0 amide bonds. The molecule has 0 aromatic heterocycles. The van der Waals surface area contributed by atoms with Gasteiger partial charge in [0.15, 0.2) is 0 Å². The van der Waals surface area contributed by atoms with Gasteiger partial charge in [0.25, 0.3) is 0 Å². The Balaban J connectivity index is 1.27. The Morgan fingerprint density at radius 1 is 1.19 bits per heavy atom. The Bertz CT molecular complexity index is 877. The van der Waals surface area contributed by atoms with Gasteiger partial charge in [0, 0.05) is 38.6 Å². The summed E-state index contributed by atoms with van der Waals surface area (Å²) in [6.07, 6.45) is 14.1. The van der Waals surface area contributed by atoms with Crippen molar-refractivity contribution in [2.45, 2.75) is 45.3 Å². The molecule has 1 fully saturated rings. The highest BCUT2D eigenvalue weighted by Gasteiger charge is 2.26. The van der Waals surface area contributed by atoms with Gasteiger partial charge >= 0.3 is 0 Å². The van der Waals surface area contributed by atoms with Crippen LogP contribution in [-0.4, -0.2) is 45.2 Å². The van der Waals surface area contributed by atoms with Crippen LogP contribution in [0.15, 0.2) is 64.7 Å². The molecule has 166 valence electrons. The maximum Gasteiger partial charge on any atom is 0.0868 e. The number of nitrogens with zero attached hydrogens (tertiary/aromatic N) is 2. The average Bonchev–Trinajstić information content (AvgIpc) is 2.81. The van der Waals surface area contributed by atoms with Crippen molar-refractivity contribution in [2.75, 3.05) is 38.3 Å². The van der Waals surface area contributed by atoms with Crippen molar-refractivity contribution in [3.8, 4) is 0 Å². The number of hydrogen-bond donors (Lipinski definition) is 0. The normalized spacial score (nSPS) is 26.7. The van der Waals surface area contributed by atoms with Crippen LogP contribution in [0.5, 0.6) is 0 Å². The van der Waals surface area contributed by atoms with Crippen molar-refractivity contribution in [1.82, 2.24) is 0 Å². The van der Waals surface area contributed by atoms with Crippen molar-refractivity contribution in [3.63, 3.8) is 0 Å². The van der Waals surface area contributed by atoms with E-state index in [1.165, 1.54) is 29.7 Å². The lowest BCUT2D eigenvalue weighted by atomic mass is 9.81. The third-order valence-corrected chi connectivity index (χ3v) is 6.99. The number of benzene rings is 1. The van der Waals surface area contributed by atoms with Gasteiger partial charge in [-0.1, -0.05) is 42.9 Å². The molecular formula is C27H36N2O2. The van der Waals surface area contributed by atoms with Crippen LogP contribution in [0.25, 0.3) is 0 Å². The molecule has 0 spiro atoms. The maximum atomic E-state index is 6.01. The van der Waals surface area contributed by atoms with Crippen LogP contribution < -0.4 is 4.90 Å². The molecule has 0 N–H and O–H groups in total. The Labute approximate surface area is 187 Å². The highest BCUT2D eigenvalue weighted by atomic mass is 16.5. The monoisotopic (exact) mass is 420 g/mol. The number of dihydropyridines is 1. The second-order valence-corrected chi connectivity index (χ2v) is 9.34. The molecule has 1 saturated heterocycles. The molecule has 4 nitrogen and oxygen atoms in total. The van der Waals surface area contributed by atoms with Crippen LogP contribution in [0, 0.1) is 11.8 Å². The molecular weight excluding hydrogens is 384 g/mol. The maximum absolute atomic E-state index is 6.01. The van der Waals surface area contributed by atoms with E-state index < -0.39 is 0 Å². The van der Waals surface area contributed by atoms with Crippen molar-refractivity contribution in [2.24, 2.45) is 16.8 Å². The highest BCUT2D eigenvalue weighted by molar-refractivity contribution is 5.73. The third kappa shape index (κ3) is 5.55. The van der Waals surface area contributed by atoms with E-state index in [1.807, 2.05) is 6.21 Å². The molecule has 2 unspecified atom stereocenters. The fraction of sp³-hybridized carbons (Fsp3) is 0.519. The van der Waals surface area contributed by atoms with Gasteiger partial charge < -0.3 is 14.4 Å². The second kappa shape index (κ2) is 9.97. The van der Waals surface area contributed by atoms with E-state index >= 15 is 0 Å². The first-order valence-corrected chi connectivity index (χ1v) is 11.6. The molecule has 1 aromatic carbocycles. The predicted octanol–water partition coefficient (Wildman–Crippen LogP) is 5.36. The van der Waals surface area contributed by atoms with Gasteiger partial charge in [-0.05, 0) is 67.4 Å². The van der Waals surface area contributed by atoms with Gasteiger partial charge in [0.05, 0.1) is 18.8 Å². The molecule has 1 aromatic rings. The van der Waals surface area contributed by atoms with Gasteiger partial charge in [-0.15, -0.1) is 0 Å². The van der Waals surface area contributed by atoms with Crippen LogP contribution in [0.3, 0.4) is 0 Å². The fourth-order valence-electron chi connectivity index (χ4n) is 4.78. The van der Waals surface area contributed by atoms with Gasteiger partial charge in [-0.25, -0.2) is 0 Å². The summed E-state index contributed by atoms with van der Waals surface area (Å²) < 4.78 is 11.5. The summed E-state index contributed by atoms with van der Waals surface area (Å²) in [5.74, 6) is 1.31. The smallest absolute Gasteiger partial charge is 0.0868 e. The first-order chi connectivity index (χ1) is 15.1. The van der Waals surface area contributed by atoms with Crippen LogP contribution >= 0.6 is 0 Å². The van der Waals surface area contributed by atoms with Crippen LogP contribution in [0.4, 0.5) is 5.69 Å². The number of allylic oxidation sites excluding steroid dienone is 1. The highest BCUT2D eigenvalue weighted by Crippen LogP contribution is 2.33. The zero-order valence-electron chi connectivity index (χ0n) is 19.2. The quantitative estimate of drug-likeness (QED) is 0.596. The Morgan fingerprint density at radius 2 is 2.03 bits per heavy atom. The average molecular weight is 421 g/mol. The number of methoxy groups -OCH3 is 1. The van der Waals surface area contributed by atoms with Crippen LogP contribution in [-0.2, 0) is 16.1 Å². The first kappa shape index (κ1) is 22.0. The number of aliphatic imine (C=N–C) groups is 1. The molecule has 1 aliphatic carbocycles. The molecule has 2 heterocycles. The van der Waals surface area contributed by atoms with Gasteiger partial charge in [0.1, 0.15) is 0 Å². The fourth-order valence-corrected chi connectivity index (χ4v) is 4.78. The summed E-state index contributed by atoms with van der Waals surface area (Å²) in [6, 6.07) is 8.85. The zero-order valence-corrected chi connectivity index (χ0v) is 19.2. The van der Waals surface area contributed by atoms with Gasteiger partial charge in [-0.3, -0.25) is 4.99 Å². The topological polar surface area (TPSA) is 34.1 Å². The molecule has 3 aliphatic rings. The van der Waals surface area contributed by atoms with Gasteiger partial charge in [0.2, 0.25) is 0 Å². The molecule has 4 rings (SSSR count). The van der Waals surface area contributed by atoms with E-state index in [0.717, 1.165) is 26.1 Å². The van der Waals surface area contributed by atoms with Gasteiger partial charge in [-0.2, -0.15) is 0 Å². The summed E-state index contributed by atoms with van der Waals surface area (Å²) in [5, 5.41) is 0. The standard InChI is InChI=1S/C27H36N2O2/c1-21-18-28-14-9-26(21)24-10-15-29(16-11-24)25-6-4-5-23(17-25)20-31-19-22-7-12-27(2,30-3)13-8-22/h4-9,12,14,17,21,24H,10-11,13,15-16,18-20H2,1-3H3. The van der Waals surface area contributed by atoms with E-state index in [-0.39, 0.29) is 5.60 Å². The van der Waals surface area contributed by atoms with Crippen LogP contribution in [0.2, 0.25) is 0 Å². The number of anilines is 1. The van der Waals surface area contributed by atoms with Crippen molar-refractivity contribution < 1.29 is 9.47 Å². The van der Waals surface area contributed by atoms with Crippen molar-refractivity contribution in [3.05, 3.63) is 65.3 Å². The zero-order chi connectivity index (χ0) is 21.7. The van der Waals surface area contributed by atoms with Crippen molar-refractivity contribution >= 4 is 11.9 Å². The predicted molar refractivity (Wildman–Crippen MR) is 129 cm³/mol. The SMILES string of the molecule is COC1(C)C=CC(COCc2cccc(N3CCC(C4=CC=NCC4C)CC3)c2)=CC1. The van der Waals surface area contributed by atoms with E-state index in [1.54, 1.807) is 12.7 Å². The molecule has 0 bridgehead atoms. The number of hydrogen-bond acceptors (Lipinski definition) is 4. The Kier molecular flexibility index (Phi) is 7.09. The summed E-state index contributed by atoms with van der Waals surface area (Å²) >= 11 is 0. The van der Waals surface area contributed by atoms with E-state index in [9.17, 15) is 0 Å². The van der Waals surface area contributed by atoms with E-state index in [0.29, 0.717) is 25.0 Å². The summed E-state index contributed by atoms with van der Waals surface area (Å²) in [4.78, 5) is 6.93. The molecule has 2 atom stereocenters. The second-order valence-electron chi connectivity index (χ2n) is 9.34. The van der Waals surface area contributed by atoms with E-state index in [2.05, 4.69) is 72.3 Å². The Hall–Kier alpha value is -2.17. The Morgan fingerprint density at radius 3 is 2.74 bits per heavy atom. The largest absolute Gasteiger partial charge is 0.374 e. The molecule has 0 radical (unpaired) electrons. The summed E-state index contributed by atoms with van der Waals surface area (Å²) in [7, 11) is 1.76. The van der Waals surface area contributed by atoms with Crippen LogP contribution in [0.1, 0.15) is 38.7 Å². The lowest BCUT2D eigenvalue weighted by molar-refractivity contribution is 0.0495. The molecule has 0 saturated carbocycles. The molecule has 2 aliphatic heterocycles. The third-order valence-electron chi connectivity index (χ3n) is 6.99. The minimum Gasteiger partial charge on any atom is -0.374 e. The molecule has 4 heteroatoms. The van der Waals surface area contributed by atoms with E-state index in [4.69, 9.17) is 9.47 Å². The minimum atomic E-state index is -0.176. The molecule has 31 heavy (non-hydrogen) atoms. The minimum absolute atomic E-state index is 0.176.